The van der Waals surface area contributed by atoms with Crippen LogP contribution in [-0.4, -0.2) is 18.1 Å². The second kappa shape index (κ2) is 8.40. The van der Waals surface area contributed by atoms with Gasteiger partial charge in [-0.15, -0.1) is 0 Å². The second-order valence-corrected chi connectivity index (χ2v) is 5.90. The summed E-state index contributed by atoms with van der Waals surface area (Å²) in [5.41, 5.74) is 4.72. The average Bonchev–Trinajstić information content (AvgIpc) is 2.13. The van der Waals surface area contributed by atoms with E-state index in [2.05, 4.69) is 0 Å². The van der Waals surface area contributed by atoms with Gasteiger partial charge in [-0.05, 0) is 0 Å². The van der Waals surface area contributed by atoms with E-state index in [1.807, 2.05) is 48.5 Å². The molecule has 0 bridgehead atoms. The molecule has 0 aromatic carbocycles. The molecule has 0 aromatic rings. The highest BCUT2D eigenvalue weighted by Crippen LogP contribution is 2.15. The van der Waals surface area contributed by atoms with Crippen LogP contribution in [0.15, 0.2) is 0 Å². The fourth-order valence-corrected chi connectivity index (χ4v) is 0.837. The predicted molar refractivity (Wildman–Crippen MR) is 75.0 cm³/mol. The Morgan fingerprint density at radius 2 is 1.18 bits per heavy atom. The third-order valence-corrected chi connectivity index (χ3v) is 2.18. The summed E-state index contributed by atoms with van der Waals surface area (Å²) in [7, 11) is 0. The largest absolute Gasteiger partial charge is 0.324 e. The van der Waals surface area contributed by atoms with Gasteiger partial charge in [0, 0.05) is 17.3 Å². The summed E-state index contributed by atoms with van der Waals surface area (Å²) in [5, 5.41) is 0. The zero-order valence-corrected chi connectivity index (χ0v) is 11.8. The van der Waals surface area contributed by atoms with Crippen LogP contribution in [0.5, 0.6) is 0 Å². The zero-order chi connectivity index (χ0) is 13.6. The minimum absolute atomic E-state index is 0. The summed E-state index contributed by atoms with van der Waals surface area (Å²) in [5.74, 6) is 0.440. The first-order valence-electron chi connectivity index (χ1n) is 5.73. The molecule has 17 heavy (non-hydrogen) atoms. The molecule has 3 nitrogen and oxygen atoms in total. The summed E-state index contributed by atoms with van der Waals surface area (Å²) < 4.78 is 0. The van der Waals surface area contributed by atoms with Crippen LogP contribution in [0.2, 0.25) is 0 Å². The number of hydrogen-bond donors (Lipinski definition) is 1. The van der Waals surface area contributed by atoms with Crippen LogP contribution in [0.3, 0.4) is 0 Å². The van der Waals surface area contributed by atoms with E-state index in [0.29, 0.717) is 12.2 Å². The highest BCUT2D eigenvalue weighted by Gasteiger charge is 2.18. The van der Waals surface area contributed by atoms with Crippen LogP contribution in [-0.2, 0) is 9.59 Å². The van der Waals surface area contributed by atoms with E-state index in [-0.39, 0.29) is 30.6 Å². The minimum Gasteiger partial charge on any atom is -0.324 e. The van der Waals surface area contributed by atoms with E-state index in [4.69, 9.17) is 5.73 Å². The molecule has 0 heterocycles. The summed E-state index contributed by atoms with van der Waals surface area (Å²) in [6.45, 7) is 13.5. The van der Waals surface area contributed by atoms with Crippen molar-refractivity contribution < 1.29 is 9.59 Å². The lowest BCUT2D eigenvalue weighted by Crippen LogP contribution is -2.27. The molecule has 0 atom stereocenters. The summed E-state index contributed by atoms with van der Waals surface area (Å²) in [4.78, 5) is 21.5. The monoisotopic (exact) mass is 245 g/mol. The van der Waals surface area contributed by atoms with Crippen LogP contribution in [0.25, 0.3) is 0 Å². The van der Waals surface area contributed by atoms with Crippen molar-refractivity contribution in [2.24, 2.45) is 16.6 Å². The smallest absolute Gasteiger partial charge is 0.151 e. The van der Waals surface area contributed by atoms with E-state index in [9.17, 15) is 9.59 Å². The third-order valence-electron chi connectivity index (χ3n) is 2.18. The van der Waals surface area contributed by atoms with E-state index >= 15 is 0 Å². The number of carbonyl (C=O) groups is 2. The molecule has 0 aliphatic rings. The Morgan fingerprint density at radius 3 is 1.18 bits per heavy atom. The van der Waals surface area contributed by atoms with Gasteiger partial charge in [0.15, 0.2) is 5.78 Å². The number of ketones is 2. The maximum Gasteiger partial charge on any atom is 0.151 e. The minimum atomic E-state index is -0.255. The summed E-state index contributed by atoms with van der Waals surface area (Å²) in [6, 6.07) is 0. The fourth-order valence-electron chi connectivity index (χ4n) is 0.837. The van der Waals surface area contributed by atoms with E-state index in [0.717, 1.165) is 0 Å². The standard InChI is InChI=1S/C7H14O.C6H13NO.CH4/c1-5-6(8)7(2,3)4;1-6(2,3)5(8)4-7;/h5H2,1-4H3;4,7H2,1-3H3;1H4. The molecule has 0 amide bonds. The second-order valence-electron chi connectivity index (χ2n) is 5.90. The van der Waals surface area contributed by atoms with Crippen molar-refractivity contribution in [3.8, 4) is 0 Å². The SMILES string of the molecule is C.CC(C)(C)C(=O)CN.CCC(=O)C(C)(C)C. The van der Waals surface area contributed by atoms with Gasteiger partial charge < -0.3 is 5.73 Å². The van der Waals surface area contributed by atoms with E-state index in [1.165, 1.54) is 0 Å². The van der Waals surface area contributed by atoms with E-state index in [1.54, 1.807) is 0 Å². The molecule has 0 rings (SSSR count). The van der Waals surface area contributed by atoms with Crippen LogP contribution in [0.1, 0.15) is 62.3 Å². The van der Waals surface area contributed by atoms with Gasteiger partial charge in [-0.25, -0.2) is 0 Å². The molecule has 0 unspecified atom stereocenters. The molecule has 0 spiro atoms. The average molecular weight is 245 g/mol. The number of Topliss-reactive ketones (excluding diaryl/α,β-unsaturated/α-hetero) is 2. The van der Waals surface area contributed by atoms with Gasteiger partial charge in [-0.1, -0.05) is 55.9 Å². The normalized spacial score (nSPS) is 10.8. The Labute approximate surface area is 107 Å². The van der Waals surface area contributed by atoms with Crippen molar-refractivity contribution in [3.63, 3.8) is 0 Å². The highest BCUT2D eigenvalue weighted by molar-refractivity contribution is 5.85. The lowest BCUT2D eigenvalue weighted by atomic mass is 9.90. The molecule has 0 aliphatic carbocycles. The Kier molecular flexibility index (Phi) is 10.7. The predicted octanol–water partition coefficient (Wildman–Crippen LogP) is 3.21. The first-order valence-corrected chi connectivity index (χ1v) is 5.73. The molecule has 0 radical (unpaired) electrons. The molecule has 0 saturated heterocycles. The molecule has 0 aliphatic heterocycles. The summed E-state index contributed by atoms with van der Waals surface area (Å²) >= 11 is 0. The first-order chi connectivity index (χ1) is 6.96. The maximum atomic E-state index is 10.8. The topological polar surface area (TPSA) is 60.2 Å². The molecule has 0 saturated carbocycles. The number of hydrogen-bond acceptors (Lipinski definition) is 3. The Bertz CT molecular complexity index is 206. The number of carbonyl (C=O) groups excluding carboxylic acids is 2. The van der Waals surface area contributed by atoms with E-state index < -0.39 is 0 Å². The van der Waals surface area contributed by atoms with Gasteiger partial charge in [0.1, 0.15) is 5.78 Å². The lowest BCUT2D eigenvalue weighted by molar-refractivity contribution is -0.126. The van der Waals surface area contributed by atoms with Crippen LogP contribution >= 0.6 is 0 Å². The van der Waals surface area contributed by atoms with Crippen molar-refractivity contribution in [3.05, 3.63) is 0 Å². The zero-order valence-electron chi connectivity index (χ0n) is 11.8. The van der Waals surface area contributed by atoms with Gasteiger partial charge in [0.05, 0.1) is 6.54 Å². The molecule has 0 aromatic heterocycles. The van der Waals surface area contributed by atoms with Gasteiger partial charge in [-0.2, -0.15) is 0 Å². The summed E-state index contributed by atoms with van der Waals surface area (Å²) in [6.07, 6.45) is 0.656. The molecule has 104 valence electrons. The van der Waals surface area contributed by atoms with Gasteiger partial charge >= 0.3 is 0 Å². The molecular formula is C14H31NO2. The fraction of sp³-hybridized carbons (Fsp3) is 0.857. The van der Waals surface area contributed by atoms with Crippen molar-refractivity contribution in [2.45, 2.75) is 62.3 Å². The molecule has 3 heteroatoms. The van der Waals surface area contributed by atoms with Crippen LogP contribution in [0, 0.1) is 10.8 Å². The Morgan fingerprint density at radius 1 is 0.882 bits per heavy atom. The van der Waals surface area contributed by atoms with Crippen molar-refractivity contribution in [1.82, 2.24) is 0 Å². The van der Waals surface area contributed by atoms with Crippen molar-refractivity contribution >= 4 is 11.6 Å². The maximum absolute atomic E-state index is 10.8. The quantitative estimate of drug-likeness (QED) is 0.812. The van der Waals surface area contributed by atoms with Gasteiger partial charge in [0.25, 0.3) is 0 Å². The lowest BCUT2D eigenvalue weighted by Gasteiger charge is -2.13. The third kappa shape index (κ3) is 11.6. The Balaban J connectivity index is -0.000000218. The van der Waals surface area contributed by atoms with Gasteiger partial charge in [-0.3, -0.25) is 9.59 Å². The van der Waals surface area contributed by atoms with Crippen LogP contribution < -0.4 is 5.73 Å². The van der Waals surface area contributed by atoms with Crippen molar-refractivity contribution in [2.75, 3.05) is 6.54 Å². The first kappa shape index (κ1) is 21.6. The molecule has 2 N–H and O–H groups in total. The molecule has 0 fully saturated rings. The number of nitrogens with two attached hydrogens (primary N) is 1. The highest BCUT2D eigenvalue weighted by atomic mass is 16.1. The molecular weight excluding hydrogens is 214 g/mol. The van der Waals surface area contributed by atoms with Crippen molar-refractivity contribution in [1.29, 1.82) is 0 Å². The Hall–Kier alpha value is -0.700. The van der Waals surface area contributed by atoms with Crippen LogP contribution in [0.4, 0.5) is 0 Å². The number of rotatable bonds is 2. The van der Waals surface area contributed by atoms with Gasteiger partial charge in [0.2, 0.25) is 0 Å².